The molecule has 8 nitrogen and oxygen atoms in total. The number of halogens is 3. The van der Waals surface area contributed by atoms with Gasteiger partial charge in [0.15, 0.2) is 5.75 Å². The van der Waals surface area contributed by atoms with Crippen LogP contribution in [0.1, 0.15) is 13.3 Å². The number of rotatable bonds is 10. The van der Waals surface area contributed by atoms with Crippen molar-refractivity contribution in [2.75, 3.05) is 33.4 Å². The van der Waals surface area contributed by atoms with Crippen molar-refractivity contribution in [2.45, 2.75) is 24.4 Å². The molecule has 1 aromatic carbocycles. The molecule has 0 radical (unpaired) electrons. The third-order valence-electron chi connectivity index (χ3n) is 3.24. The van der Waals surface area contributed by atoms with Gasteiger partial charge in [-0.1, -0.05) is 0 Å². The number of methoxy groups -OCH3 is 1. The van der Waals surface area contributed by atoms with Crippen LogP contribution >= 0.6 is 0 Å². The average Bonchev–Trinajstić information content (AvgIpc) is 2.55. The van der Waals surface area contributed by atoms with E-state index in [0.29, 0.717) is 12.7 Å². The Morgan fingerprint density at radius 2 is 1.96 bits per heavy atom. The molecule has 0 spiro atoms. The maximum absolute atomic E-state index is 12.8. The first-order valence-corrected chi connectivity index (χ1v) is 8.94. The molecule has 0 aromatic heterocycles. The van der Waals surface area contributed by atoms with Crippen LogP contribution in [-0.2, 0) is 14.8 Å². The highest BCUT2D eigenvalue weighted by Crippen LogP contribution is 2.31. The Labute approximate surface area is 148 Å². The number of ether oxygens (including phenoxy) is 2. The van der Waals surface area contributed by atoms with Crippen LogP contribution in [-0.4, -0.2) is 57.2 Å². The largest absolute Gasteiger partial charge is 0.490 e. The Hall–Kier alpha value is -1.92. The van der Waals surface area contributed by atoms with Gasteiger partial charge in [-0.2, -0.15) is 17.5 Å². The normalized spacial score (nSPS) is 12.4. The van der Waals surface area contributed by atoms with Crippen molar-refractivity contribution in [2.24, 2.45) is 0 Å². The summed E-state index contributed by atoms with van der Waals surface area (Å²) >= 11 is 0. The van der Waals surface area contributed by atoms with Crippen molar-refractivity contribution in [1.29, 1.82) is 0 Å². The third-order valence-corrected chi connectivity index (χ3v) is 5.08. The fraction of sp³-hybridized carbons (Fsp3) is 0.571. The van der Waals surface area contributed by atoms with E-state index < -0.39 is 44.8 Å². The Morgan fingerprint density at radius 3 is 2.46 bits per heavy atom. The number of nitrogens with zero attached hydrogens (tertiary/aromatic N) is 2. The minimum atomic E-state index is -4.77. The maximum Gasteiger partial charge on any atom is 0.402 e. The van der Waals surface area contributed by atoms with Crippen LogP contribution in [0.5, 0.6) is 5.75 Å². The molecule has 1 aromatic rings. The van der Waals surface area contributed by atoms with E-state index in [9.17, 15) is 31.7 Å². The summed E-state index contributed by atoms with van der Waals surface area (Å²) in [6.07, 6.45) is -4.72. The zero-order chi connectivity index (χ0) is 20.0. The molecule has 0 fully saturated rings. The van der Waals surface area contributed by atoms with Crippen LogP contribution in [0.15, 0.2) is 23.1 Å². The zero-order valence-electron chi connectivity index (χ0n) is 14.2. The fourth-order valence-corrected chi connectivity index (χ4v) is 3.58. The van der Waals surface area contributed by atoms with Crippen LogP contribution < -0.4 is 4.74 Å². The zero-order valence-corrected chi connectivity index (χ0v) is 15.0. The summed E-state index contributed by atoms with van der Waals surface area (Å²) in [6.45, 7) is -0.0243. The molecular formula is C14H19F3N2O6S. The minimum Gasteiger partial charge on any atom is -0.490 e. The topological polar surface area (TPSA) is 99.0 Å². The average molecular weight is 400 g/mol. The first kappa shape index (κ1) is 22.1. The summed E-state index contributed by atoms with van der Waals surface area (Å²) in [4.78, 5) is 9.53. The van der Waals surface area contributed by atoms with Crippen molar-refractivity contribution in [3.8, 4) is 5.75 Å². The van der Waals surface area contributed by atoms with Crippen molar-refractivity contribution >= 4 is 15.7 Å². The second-order valence-electron chi connectivity index (χ2n) is 5.10. The molecule has 0 aliphatic rings. The van der Waals surface area contributed by atoms with E-state index in [-0.39, 0.29) is 23.1 Å². The van der Waals surface area contributed by atoms with E-state index in [4.69, 9.17) is 9.47 Å². The Balaban J connectivity index is 3.21. The molecule has 26 heavy (non-hydrogen) atoms. The van der Waals surface area contributed by atoms with Crippen molar-refractivity contribution in [3.05, 3.63) is 28.3 Å². The lowest BCUT2D eigenvalue weighted by Crippen LogP contribution is -2.39. The van der Waals surface area contributed by atoms with E-state index in [1.165, 1.54) is 0 Å². The number of alkyl halides is 3. The molecule has 0 heterocycles. The molecule has 0 unspecified atom stereocenters. The summed E-state index contributed by atoms with van der Waals surface area (Å²) in [6, 6.07) is 2.67. The Kier molecular flexibility index (Phi) is 7.78. The Morgan fingerprint density at radius 1 is 1.31 bits per heavy atom. The van der Waals surface area contributed by atoms with Gasteiger partial charge in [0.1, 0.15) is 6.54 Å². The van der Waals surface area contributed by atoms with Gasteiger partial charge in [-0.25, -0.2) is 8.42 Å². The van der Waals surface area contributed by atoms with Gasteiger partial charge in [0, 0.05) is 25.8 Å². The molecule has 0 saturated carbocycles. The molecule has 0 aliphatic heterocycles. The summed E-state index contributed by atoms with van der Waals surface area (Å²) < 4.78 is 73.5. The molecule has 148 valence electrons. The Bertz CT molecular complexity index is 724. The van der Waals surface area contributed by atoms with Crippen LogP contribution in [0.25, 0.3) is 0 Å². The number of hydrogen-bond donors (Lipinski definition) is 0. The second kappa shape index (κ2) is 9.14. The fourth-order valence-electron chi connectivity index (χ4n) is 2.09. The molecule has 0 amide bonds. The van der Waals surface area contributed by atoms with Crippen molar-refractivity contribution in [3.63, 3.8) is 0 Å². The van der Waals surface area contributed by atoms with Gasteiger partial charge in [-0.15, -0.1) is 0 Å². The molecule has 0 bridgehead atoms. The van der Waals surface area contributed by atoms with E-state index in [2.05, 4.69) is 0 Å². The minimum absolute atomic E-state index is 0.0431. The molecule has 0 N–H and O–H groups in total. The van der Waals surface area contributed by atoms with Crippen LogP contribution in [0, 0.1) is 10.1 Å². The quantitative estimate of drug-likeness (QED) is 0.340. The molecule has 1 rings (SSSR count). The van der Waals surface area contributed by atoms with E-state index in [1.54, 1.807) is 6.92 Å². The first-order chi connectivity index (χ1) is 12.0. The van der Waals surface area contributed by atoms with Crippen LogP contribution in [0.4, 0.5) is 18.9 Å². The molecule has 0 atom stereocenters. The summed E-state index contributed by atoms with van der Waals surface area (Å²) in [5, 5.41) is 11.0. The number of hydrogen-bond acceptors (Lipinski definition) is 6. The van der Waals surface area contributed by atoms with Gasteiger partial charge in [-0.3, -0.25) is 10.1 Å². The van der Waals surface area contributed by atoms with Crippen LogP contribution in [0.2, 0.25) is 0 Å². The highest BCUT2D eigenvalue weighted by Gasteiger charge is 2.37. The predicted molar refractivity (Wildman–Crippen MR) is 85.6 cm³/mol. The number of nitro groups is 1. The highest BCUT2D eigenvalue weighted by molar-refractivity contribution is 7.89. The van der Waals surface area contributed by atoms with Crippen molar-refractivity contribution in [1.82, 2.24) is 4.31 Å². The number of nitro benzene ring substituents is 1. The lowest BCUT2D eigenvalue weighted by Gasteiger charge is -2.23. The van der Waals surface area contributed by atoms with Crippen molar-refractivity contribution < 1.29 is 36.0 Å². The van der Waals surface area contributed by atoms with Gasteiger partial charge in [0.2, 0.25) is 10.0 Å². The first-order valence-electron chi connectivity index (χ1n) is 7.50. The van der Waals surface area contributed by atoms with Gasteiger partial charge in [0.05, 0.1) is 16.9 Å². The lowest BCUT2D eigenvalue weighted by atomic mass is 10.3. The third kappa shape index (κ3) is 6.11. The second-order valence-corrected chi connectivity index (χ2v) is 7.03. The SMILES string of the molecule is CCOCCCN(CC(F)(F)F)S(=O)(=O)c1ccc(OC)c([N+](=O)[O-])c1. The van der Waals surface area contributed by atoms with Gasteiger partial charge in [-0.05, 0) is 25.5 Å². The van der Waals surface area contributed by atoms with Gasteiger partial charge in [0.25, 0.3) is 0 Å². The van der Waals surface area contributed by atoms with E-state index >= 15 is 0 Å². The summed E-state index contributed by atoms with van der Waals surface area (Å²) in [5.74, 6) is -0.201. The number of sulfonamides is 1. The van der Waals surface area contributed by atoms with E-state index in [0.717, 1.165) is 19.2 Å². The molecule has 0 saturated heterocycles. The maximum atomic E-state index is 12.8. The molecule has 0 aliphatic carbocycles. The van der Waals surface area contributed by atoms with Gasteiger partial charge >= 0.3 is 11.9 Å². The van der Waals surface area contributed by atoms with Gasteiger partial charge < -0.3 is 9.47 Å². The highest BCUT2D eigenvalue weighted by atomic mass is 32.2. The smallest absolute Gasteiger partial charge is 0.402 e. The predicted octanol–water partition coefficient (Wildman–Crippen LogP) is 2.58. The lowest BCUT2D eigenvalue weighted by molar-refractivity contribution is -0.386. The summed E-state index contributed by atoms with van der Waals surface area (Å²) in [5.41, 5.74) is -0.658. The number of benzene rings is 1. The monoisotopic (exact) mass is 400 g/mol. The molecule has 12 heteroatoms. The van der Waals surface area contributed by atoms with E-state index in [1.807, 2.05) is 0 Å². The van der Waals surface area contributed by atoms with Crippen LogP contribution in [0.3, 0.4) is 0 Å². The molecular weight excluding hydrogens is 381 g/mol. The standard InChI is InChI=1S/C14H19F3N2O6S/c1-3-25-8-4-7-18(10-14(15,16)17)26(22,23)11-5-6-13(24-2)12(9-11)19(20)21/h5-6,9H,3-4,7-8,10H2,1-2H3. The summed E-state index contributed by atoms with van der Waals surface area (Å²) in [7, 11) is -3.45.